The van der Waals surface area contributed by atoms with Crippen LogP contribution in [0.4, 0.5) is 0 Å². The van der Waals surface area contributed by atoms with E-state index in [-0.39, 0.29) is 18.3 Å². The fraction of sp³-hybridized carbons (Fsp3) is 0.400. The van der Waals surface area contributed by atoms with Crippen molar-refractivity contribution in [2.45, 2.75) is 38.9 Å². The van der Waals surface area contributed by atoms with Crippen molar-refractivity contribution in [1.82, 2.24) is 0 Å². The average Bonchev–Trinajstić information content (AvgIpc) is 2.61. The quantitative estimate of drug-likeness (QED) is 0.652. The molecule has 3 N–H and O–H groups in total. The Morgan fingerprint density at radius 3 is 2.00 bits per heavy atom. The largest absolute Gasteiger partial charge is 0.494 e. The maximum absolute atomic E-state index is 7.30. The second-order valence-electron chi connectivity index (χ2n) is 5.98. The lowest BCUT2D eigenvalue weighted by atomic mass is 9.78. The molecule has 106 valence electrons. The second kappa shape index (κ2) is 5.07. The van der Waals surface area contributed by atoms with Crippen LogP contribution in [0.2, 0.25) is 0 Å². The zero-order valence-corrected chi connectivity index (χ0v) is 12.4. The topological polar surface area (TPSA) is 68.3 Å². The molecule has 1 aliphatic heterocycles. The van der Waals surface area contributed by atoms with Gasteiger partial charge in [0.2, 0.25) is 0 Å². The molecule has 4 nitrogen and oxygen atoms in total. The van der Waals surface area contributed by atoms with Crippen LogP contribution in [0.3, 0.4) is 0 Å². The Hall–Kier alpha value is -1.59. The van der Waals surface area contributed by atoms with Gasteiger partial charge in [0.05, 0.1) is 11.2 Å². The van der Waals surface area contributed by atoms with Crippen LogP contribution in [0.5, 0.6) is 0 Å². The van der Waals surface area contributed by atoms with Crippen LogP contribution < -0.4 is 11.2 Å². The molecule has 2 rings (SSSR count). The predicted octanol–water partition coefficient (Wildman–Crippen LogP) is 1.93. The molecular formula is C15H21BN2O2. The van der Waals surface area contributed by atoms with E-state index < -0.39 is 0 Å². The minimum atomic E-state index is -0.362. The first kappa shape index (κ1) is 14.8. The zero-order chi connectivity index (χ0) is 15.0. The van der Waals surface area contributed by atoms with Gasteiger partial charge in [-0.1, -0.05) is 24.3 Å². The van der Waals surface area contributed by atoms with Gasteiger partial charge in [-0.15, -0.1) is 0 Å². The van der Waals surface area contributed by atoms with Crippen molar-refractivity contribution in [1.29, 1.82) is 5.41 Å². The van der Waals surface area contributed by atoms with Gasteiger partial charge in [0.15, 0.2) is 0 Å². The van der Waals surface area contributed by atoms with Crippen molar-refractivity contribution in [3.05, 3.63) is 36.0 Å². The molecule has 0 bridgehead atoms. The van der Waals surface area contributed by atoms with E-state index in [1.54, 1.807) is 0 Å². The summed E-state index contributed by atoms with van der Waals surface area (Å²) >= 11 is 0. The number of nitrogens with two attached hydrogens (primary N) is 1. The summed E-state index contributed by atoms with van der Waals surface area (Å²) in [5.74, 6) is 0. The van der Waals surface area contributed by atoms with Gasteiger partial charge in [0.25, 0.3) is 0 Å². The summed E-state index contributed by atoms with van der Waals surface area (Å²) in [4.78, 5) is 0. The third-order valence-corrected chi connectivity index (χ3v) is 4.10. The Labute approximate surface area is 120 Å². The van der Waals surface area contributed by atoms with E-state index in [1.165, 1.54) is 12.4 Å². The number of hydrogen-bond donors (Lipinski definition) is 2. The van der Waals surface area contributed by atoms with Crippen molar-refractivity contribution in [2.24, 2.45) is 5.73 Å². The summed E-state index contributed by atoms with van der Waals surface area (Å²) in [6.45, 7) is 8.13. The molecule has 1 aromatic carbocycles. The molecule has 0 unspecified atom stereocenters. The predicted molar refractivity (Wildman–Crippen MR) is 83.1 cm³/mol. The summed E-state index contributed by atoms with van der Waals surface area (Å²) < 4.78 is 12.0. The Bertz CT molecular complexity index is 519. The summed E-state index contributed by atoms with van der Waals surface area (Å²) in [6, 6.07) is 7.74. The van der Waals surface area contributed by atoms with Crippen LogP contribution >= 0.6 is 0 Å². The van der Waals surface area contributed by atoms with Crippen LogP contribution in [0.1, 0.15) is 33.3 Å². The normalized spacial score (nSPS) is 21.0. The smallest absolute Gasteiger partial charge is 0.404 e. The average molecular weight is 272 g/mol. The van der Waals surface area contributed by atoms with Crippen molar-refractivity contribution in [3.63, 3.8) is 0 Å². The number of allylic oxidation sites excluding steroid dienone is 1. The van der Waals surface area contributed by atoms with E-state index in [2.05, 4.69) is 0 Å². The van der Waals surface area contributed by atoms with E-state index in [4.69, 9.17) is 20.5 Å². The molecule has 0 atom stereocenters. The molecule has 5 heteroatoms. The number of benzene rings is 1. The SMILES string of the molecule is CC1(C)OB(c2ccc(/C(C=N)=C/N)cc2)OC1(C)C. The van der Waals surface area contributed by atoms with Crippen molar-refractivity contribution < 1.29 is 9.31 Å². The van der Waals surface area contributed by atoms with Gasteiger partial charge in [0, 0.05) is 18.0 Å². The highest BCUT2D eigenvalue weighted by molar-refractivity contribution is 6.62. The van der Waals surface area contributed by atoms with Gasteiger partial charge in [-0.3, -0.25) is 0 Å². The molecule has 1 aliphatic rings. The second-order valence-corrected chi connectivity index (χ2v) is 5.98. The molecule has 1 aromatic rings. The molecule has 1 fully saturated rings. The standard InChI is InChI=1S/C15H21BN2O2/c1-14(2)15(3,4)20-16(19-14)13-7-5-11(6-8-13)12(9-17)10-18/h5-10,17H,18H2,1-4H3/b12-10+,17-9?. The van der Waals surface area contributed by atoms with E-state index in [1.807, 2.05) is 52.0 Å². The van der Waals surface area contributed by atoms with Crippen LogP contribution in [-0.2, 0) is 9.31 Å². The minimum absolute atomic E-state index is 0.340. The molecule has 0 aliphatic carbocycles. The molecule has 0 saturated carbocycles. The minimum Gasteiger partial charge on any atom is -0.404 e. The maximum Gasteiger partial charge on any atom is 0.494 e. The highest BCUT2D eigenvalue weighted by Gasteiger charge is 2.51. The van der Waals surface area contributed by atoms with Crippen molar-refractivity contribution >= 4 is 24.4 Å². The fourth-order valence-electron chi connectivity index (χ4n) is 2.04. The van der Waals surface area contributed by atoms with E-state index in [0.29, 0.717) is 5.57 Å². The molecule has 0 aromatic heterocycles. The molecule has 1 saturated heterocycles. The molecule has 20 heavy (non-hydrogen) atoms. The first-order valence-electron chi connectivity index (χ1n) is 6.69. The first-order chi connectivity index (χ1) is 9.30. The van der Waals surface area contributed by atoms with Crippen LogP contribution in [-0.4, -0.2) is 24.5 Å². The van der Waals surface area contributed by atoms with Gasteiger partial charge < -0.3 is 20.5 Å². The lowest BCUT2D eigenvalue weighted by Crippen LogP contribution is -2.41. The number of nitrogens with one attached hydrogen (secondary N) is 1. The number of hydrogen-bond acceptors (Lipinski definition) is 4. The van der Waals surface area contributed by atoms with Gasteiger partial charge >= 0.3 is 7.12 Å². The molecular weight excluding hydrogens is 251 g/mol. The van der Waals surface area contributed by atoms with Gasteiger partial charge in [0.1, 0.15) is 0 Å². The van der Waals surface area contributed by atoms with Crippen molar-refractivity contribution in [2.75, 3.05) is 0 Å². The first-order valence-corrected chi connectivity index (χ1v) is 6.69. The molecule has 0 amide bonds. The van der Waals surface area contributed by atoms with Crippen LogP contribution in [0.25, 0.3) is 5.57 Å². The highest BCUT2D eigenvalue weighted by Crippen LogP contribution is 2.36. The molecule has 1 heterocycles. The maximum atomic E-state index is 7.30. The monoisotopic (exact) mass is 272 g/mol. The summed E-state index contributed by atoms with van der Waals surface area (Å²) in [5, 5.41) is 7.30. The van der Waals surface area contributed by atoms with Gasteiger partial charge in [-0.2, -0.15) is 0 Å². The summed E-state index contributed by atoms with van der Waals surface area (Å²) in [7, 11) is -0.362. The van der Waals surface area contributed by atoms with Crippen LogP contribution in [0, 0.1) is 5.41 Å². The van der Waals surface area contributed by atoms with Gasteiger partial charge in [-0.25, -0.2) is 0 Å². The zero-order valence-electron chi connectivity index (χ0n) is 12.4. The Morgan fingerprint density at radius 2 is 1.60 bits per heavy atom. The number of rotatable bonds is 3. The van der Waals surface area contributed by atoms with E-state index >= 15 is 0 Å². The third kappa shape index (κ3) is 2.51. The summed E-state index contributed by atoms with van der Waals surface area (Å²) in [5.41, 5.74) is 7.36. The Morgan fingerprint density at radius 1 is 1.10 bits per heavy atom. The highest BCUT2D eigenvalue weighted by atomic mass is 16.7. The lowest BCUT2D eigenvalue weighted by molar-refractivity contribution is 0.00578. The lowest BCUT2D eigenvalue weighted by Gasteiger charge is -2.32. The van der Waals surface area contributed by atoms with E-state index in [9.17, 15) is 0 Å². The Kier molecular flexibility index (Phi) is 3.76. The molecule has 0 radical (unpaired) electrons. The van der Waals surface area contributed by atoms with Gasteiger partial charge in [-0.05, 0) is 38.7 Å². The van der Waals surface area contributed by atoms with Crippen LogP contribution in [0.15, 0.2) is 30.5 Å². The molecule has 0 spiro atoms. The third-order valence-electron chi connectivity index (χ3n) is 4.10. The van der Waals surface area contributed by atoms with Crippen molar-refractivity contribution in [3.8, 4) is 0 Å². The fourth-order valence-corrected chi connectivity index (χ4v) is 2.04. The Balaban J connectivity index is 2.22. The van der Waals surface area contributed by atoms with E-state index in [0.717, 1.165) is 11.0 Å². The summed E-state index contributed by atoms with van der Waals surface area (Å²) in [6.07, 6.45) is 2.67.